The number of anilines is 3. The maximum Gasteiger partial charge on any atom is 0.253 e. The highest BCUT2D eigenvalue weighted by molar-refractivity contribution is 7.89. The molecule has 0 aromatic heterocycles. The molecule has 2 aromatic rings. The van der Waals surface area contributed by atoms with Gasteiger partial charge in [0, 0.05) is 37.6 Å². The smallest absolute Gasteiger partial charge is 0.253 e. The number of sulfonamides is 1. The minimum absolute atomic E-state index is 0.00163. The van der Waals surface area contributed by atoms with E-state index in [0.29, 0.717) is 30.1 Å². The van der Waals surface area contributed by atoms with Crippen LogP contribution >= 0.6 is 0 Å². The minimum Gasteiger partial charge on any atom is -0.368 e. The highest BCUT2D eigenvalue weighted by Crippen LogP contribution is 2.19. The molecule has 0 bridgehead atoms. The van der Waals surface area contributed by atoms with Crippen molar-refractivity contribution in [2.75, 3.05) is 36.1 Å². The summed E-state index contributed by atoms with van der Waals surface area (Å²) in [5.41, 5.74) is 1.49. The molecule has 1 atom stereocenters. The molecule has 0 aliphatic carbocycles. The van der Waals surface area contributed by atoms with Gasteiger partial charge >= 0.3 is 0 Å². The lowest BCUT2D eigenvalue weighted by Gasteiger charge is -2.17. The normalized spacial score (nSPS) is 15.8. The van der Waals surface area contributed by atoms with Crippen molar-refractivity contribution < 1.29 is 27.5 Å². The lowest BCUT2D eigenvalue weighted by Crippen LogP contribution is -2.35. The lowest BCUT2D eigenvalue weighted by atomic mass is 10.2. The minimum atomic E-state index is -3.90. The van der Waals surface area contributed by atoms with Crippen molar-refractivity contribution in [1.29, 1.82) is 0 Å². The third kappa shape index (κ3) is 6.60. The fraction of sp³-hybridized carbons (Fsp3) is 0.318. The van der Waals surface area contributed by atoms with Gasteiger partial charge in [-0.3, -0.25) is 14.4 Å². The number of nitrogens with zero attached hydrogens (tertiary/aromatic N) is 1. The number of carbonyl (C=O) groups is 3. The van der Waals surface area contributed by atoms with Gasteiger partial charge in [0.2, 0.25) is 21.8 Å². The molecule has 1 saturated heterocycles. The number of benzene rings is 2. The Morgan fingerprint density at radius 2 is 1.48 bits per heavy atom. The van der Waals surface area contributed by atoms with Gasteiger partial charge in [0.25, 0.3) is 5.91 Å². The Morgan fingerprint density at radius 3 is 2.03 bits per heavy atom. The summed E-state index contributed by atoms with van der Waals surface area (Å²) in [6.45, 7) is 1.54. The molecule has 176 valence electrons. The molecule has 0 saturated carbocycles. The molecule has 3 N–H and O–H groups in total. The molecule has 1 heterocycles. The first kappa shape index (κ1) is 24.4. The Morgan fingerprint density at radius 1 is 0.939 bits per heavy atom. The molecular weight excluding hydrogens is 448 g/mol. The Balaban J connectivity index is 1.54. The third-order valence-electron chi connectivity index (χ3n) is 4.91. The molecule has 33 heavy (non-hydrogen) atoms. The molecule has 0 radical (unpaired) electrons. The predicted molar refractivity (Wildman–Crippen MR) is 123 cm³/mol. The van der Waals surface area contributed by atoms with E-state index < -0.39 is 28.6 Å². The van der Waals surface area contributed by atoms with Crippen LogP contribution in [0.2, 0.25) is 0 Å². The van der Waals surface area contributed by atoms with Crippen molar-refractivity contribution in [3.63, 3.8) is 0 Å². The molecule has 0 spiro atoms. The highest BCUT2D eigenvalue weighted by Gasteiger charge is 2.24. The van der Waals surface area contributed by atoms with E-state index in [-0.39, 0.29) is 16.7 Å². The maximum atomic E-state index is 12.7. The van der Waals surface area contributed by atoms with E-state index in [1.54, 1.807) is 24.3 Å². The van der Waals surface area contributed by atoms with Gasteiger partial charge in [0.1, 0.15) is 6.10 Å². The Kier molecular flexibility index (Phi) is 7.79. The van der Waals surface area contributed by atoms with Crippen molar-refractivity contribution in [2.24, 2.45) is 0 Å². The highest BCUT2D eigenvalue weighted by atomic mass is 32.2. The SMILES string of the molecule is CC(=O)Nc1ccc(S(=O)(=O)N(C)CC(=O)Nc2ccc(NC(=O)C3CCCO3)cc2)cc1. The maximum absolute atomic E-state index is 12.7. The first-order valence-corrected chi connectivity index (χ1v) is 11.8. The summed E-state index contributed by atoms with van der Waals surface area (Å²) in [5, 5.41) is 7.95. The second-order valence-corrected chi connectivity index (χ2v) is 9.63. The molecule has 1 fully saturated rings. The molecule has 2 aromatic carbocycles. The summed E-state index contributed by atoms with van der Waals surface area (Å²) in [6, 6.07) is 12.2. The molecular formula is C22H26N4O6S. The lowest BCUT2D eigenvalue weighted by molar-refractivity contribution is -0.124. The van der Waals surface area contributed by atoms with Gasteiger partial charge in [-0.1, -0.05) is 0 Å². The molecule has 1 aliphatic rings. The van der Waals surface area contributed by atoms with Gasteiger partial charge in [-0.05, 0) is 61.4 Å². The summed E-state index contributed by atoms with van der Waals surface area (Å²) < 4.78 is 31.7. The van der Waals surface area contributed by atoms with Crippen LogP contribution in [0.3, 0.4) is 0 Å². The van der Waals surface area contributed by atoms with Crippen molar-refractivity contribution in [3.8, 4) is 0 Å². The van der Waals surface area contributed by atoms with E-state index in [2.05, 4.69) is 16.0 Å². The van der Waals surface area contributed by atoms with Gasteiger partial charge in [-0.25, -0.2) is 8.42 Å². The molecule has 3 amide bonds. The molecule has 1 aliphatic heterocycles. The average Bonchev–Trinajstić information content (AvgIpc) is 3.30. The number of carbonyl (C=O) groups excluding carboxylic acids is 3. The van der Waals surface area contributed by atoms with Crippen LogP contribution in [-0.2, 0) is 29.1 Å². The van der Waals surface area contributed by atoms with Crippen LogP contribution in [0.5, 0.6) is 0 Å². The second-order valence-electron chi connectivity index (χ2n) is 7.58. The third-order valence-corrected chi connectivity index (χ3v) is 6.73. The second kappa shape index (κ2) is 10.6. The van der Waals surface area contributed by atoms with Crippen molar-refractivity contribution >= 4 is 44.8 Å². The summed E-state index contributed by atoms with van der Waals surface area (Å²) in [4.78, 5) is 35.5. The van der Waals surface area contributed by atoms with Gasteiger partial charge < -0.3 is 20.7 Å². The van der Waals surface area contributed by atoms with Crippen molar-refractivity contribution in [3.05, 3.63) is 48.5 Å². The summed E-state index contributed by atoms with van der Waals surface area (Å²) in [7, 11) is -2.59. The Labute approximate surface area is 192 Å². The van der Waals surface area contributed by atoms with Crippen LogP contribution in [0.25, 0.3) is 0 Å². The summed E-state index contributed by atoms with van der Waals surface area (Å²) in [6.07, 6.45) is 1.11. The van der Waals surface area contributed by atoms with Crippen LogP contribution in [0, 0.1) is 0 Å². The van der Waals surface area contributed by atoms with E-state index in [9.17, 15) is 22.8 Å². The van der Waals surface area contributed by atoms with Crippen LogP contribution in [0.15, 0.2) is 53.4 Å². The van der Waals surface area contributed by atoms with Gasteiger partial charge in [0.05, 0.1) is 11.4 Å². The van der Waals surface area contributed by atoms with E-state index in [1.165, 1.54) is 38.2 Å². The van der Waals surface area contributed by atoms with Gasteiger partial charge in [0.15, 0.2) is 0 Å². The zero-order valence-corrected chi connectivity index (χ0v) is 19.1. The zero-order chi connectivity index (χ0) is 24.0. The van der Waals surface area contributed by atoms with Crippen molar-refractivity contribution in [2.45, 2.75) is 30.8 Å². The topological polar surface area (TPSA) is 134 Å². The molecule has 1 unspecified atom stereocenters. The zero-order valence-electron chi connectivity index (χ0n) is 18.3. The van der Waals surface area contributed by atoms with E-state index >= 15 is 0 Å². The average molecular weight is 475 g/mol. The van der Waals surface area contributed by atoms with Crippen LogP contribution < -0.4 is 16.0 Å². The van der Waals surface area contributed by atoms with Crippen LogP contribution in [0.4, 0.5) is 17.1 Å². The number of likely N-dealkylation sites (N-methyl/N-ethyl adjacent to an activating group) is 1. The number of rotatable bonds is 8. The van der Waals surface area contributed by atoms with E-state index in [4.69, 9.17) is 4.74 Å². The number of hydrogen-bond donors (Lipinski definition) is 3. The first-order valence-electron chi connectivity index (χ1n) is 10.3. The van der Waals surface area contributed by atoms with Gasteiger partial charge in [-0.2, -0.15) is 4.31 Å². The molecule has 3 rings (SSSR count). The fourth-order valence-corrected chi connectivity index (χ4v) is 4.35. The van der Waals surface area contributed by atoms with Crippen molar-refractivity contribution in [1.82, 2.24) is 4.31 Å². The number of nitrogens with one attached hydrogen (secondary N) is 3. The quantitative estimate of drug-likeness (QED) is 0.536. The standard InChI is InChI=1S/C22H26N4O6S/c1-15(27)23-16-9-11-19(12-10-16)33(30,31)26(2)14-21(28)24-17-5-7-18(8-6-17)25-22(29)20-4-3-13-32-20/h5-12,20H,3-4,13-14H2,1-2H3,(H,23,27)(H,24,28)(H,25,29). The fourth-order valence-electron chi connectivity index (χ4n) is 3.23. The number of amides is 3. The summed E-state index contributed by atoms with van der Waals surface area (Å²) >= 11 is 0. The summed E-state index contributed by atoms with van der Waals surface area (Å²) in [5.74, 6) is -0.994. The predicted octanol–water partition coefficient (Wildman–Crippen LogP) is 2.02. The Hall–Kier alpha value is -3.28. The first-order chi connectivity index (χ1) is 15.6. The largest absolute Gasteiger partial charge is 0.368 e. The monoisotopic (exact) mass is 474 g/mol. The number of hydrogen-bond acceptors (Lipinski definition) is 6. The van der Waals surface area contributed by atoms with Gasteiger partial charge in [-0.15, -0.1) is 0 Å². The van der Waals surface area contributed by atoms with E-state index in [0.717, 1.165) is 10.7 Å². The number of ether oxygens (including phenoxy) is 1. The van der Waals surface area contributed by atoms with E-state index in [1.807, 2.05) is 0 Å². The Bertz CT molecular complexity index is 1110. The molecule has 10 nitrogen and oxygen atoms in total. The van der Waals surface area contributed by atoms with Crippen LogP contribution in [-0.4, -0.2) is 56.7 Å². The molecule has 11 heteroatoms. The van der Waals surface area contributed by atoms with Crippen LogP contribution in [0.1, 0.15) is 19.8 Å².